The Morgan fingerprint density at radius 3 is 2.70 bits per heavy atom. The maximum Gasteiger partial charge on any atom is 0.261 e. The van der Waals surface area contributed by atoms with Gasteiger partial charge in [-0.3, -0.25) is 10.1 Å². The van der Waals surface area contributed by atoms with E-state index in [1.54, 1.807) is 0 Å². The van der Waals surface area contributed by atoms with E-state index in [9.17, 15) is 9.90 Å². The first-order valence-electron chi connectivity index (χ1n) is 5.38. The standard InChI is InChI=1S/C12H9Cl2N3O3/c1-20-10-5-9(14)15-12(16-10)17-11(19)7-3-2-6(13)4-8(7)18/h2-5,18H,1H3,(H,15,16,17,19). The van der Waals surface area contributed by atoms with Crippen LogP contribution in [0.25, 0.3) is 0 Å². The maximum atomic E-state index is 12.0. The van der Waals surface area contributed by atoms with Gasteiger partial charge in [-0.25, -0.2) is 4.98 Å². The molecule has 0 aliphatic heterocycles. The van der Waals surface area contributed by atoms with Crippen LogP contribution in [0, 0.1) is 0 Å². The number of aromatic hydroxyl groups is 1. The first kappa shape index (κ1) is 14.4. The quantitative estimate of drug-likeness (QED) is 0.851. The van der Waals surface area contributed by atoms with Crippen LogP contribution >= 0.6 is 23.2 Å². The Labute approximate surface area is 124 Å². The van der Waals surface area contributed by atoms with E-state index in [0.29, 0.717) is 5.02 Å². The molecule has 2 N–H and O–H groups in total. The van der Waals surface area contributed by atoms with Crippen LogP contribution in [-0.4, -0.2) is 28.1 Å². The van der Waals surface area contributed by atoms with E-state index in [0.717, 1.165) is 0 Å². The zero-order valence-electron chi connectivity index (χ0n) is 10.2. The first-order chi connectivity index (χ1) is 9.49. The number of benzene rings is 1. The van der Waals surface area contributed by atoms with Gasteiger partial charge in [0, 0.05) is 11.1 Å². The van der Waals surface area contributed by atoms with Gasteiger partial charge in [0.2, 0.25) is 11.8 Å². The number of phenolic OH excluding ortho intramolecular Hbond substituents is 1. The Balaban J connectivity index is 2.25. The van der Waals surface area contributed by atoms with Crippen LogP contribution in [0.5, 0.6) is 11.6 Å². The summed E-state index contributed by atoms with van der Waals surface area (Å²) in [5.74, 6) is -0.665. The summed E-state index contributed by atoms with van der Waals surface area (Å²) in [7, 11) is 1.41. The van der Waals surface area contributed by atoms with Gasteiger partial charge in [0.15, 0.2) is 0 Å². The van der Waals surface area contributed by atoms with E-state index in [4.69, 9.17) is 27.9 Å². The lowest BCUT2D eigenvalue weighted by Crippen LogP contribution is -2.14. The number of methoxy groups -OCH3 is 1. The number of carbonyl (C=O) groups excluding carboxylic acids is 1. The van der Waals surface area contributed by atoms with Crippen LogP contribution in [0.1, 0.15) is 10.4 Å². The third-order valence-corrected chi connectivity index (χ3v) is 2.74. The zero-order valence-corrected chi connectivity index (χ0v) is 11.7. The topological polar surface area (TPSA) is 84.3 Å². The Morgan fingerprint density at radius 2 is 2.05 bits per heavy atom. The molecule has 0 aliphatic carbocycles. The molecule has 1 heterocycles. The Kier molecular flexibility index (Phi) is 4.26. The lowest BCUT2D eigenvalue weighted by Gasteiger charge is -2.07. The molecule has 0 aliphatic rings. The lowest BCUT2D eigenvalue weighted by atomic mass is 10.2. The molecule has 104 valence electrons. The molecule has 0 spiro atoms. The average Bonchev–Trinajstić information content (AvgIpc) is 2.37. The highest BCUT2D eigenvalue weighted by Gasteiger charge is 2.14. The van der Waals surface area contributed by atoms with Crippen molar-refractivity contribution >= 4 is 35.1 Å². The van der Waals surface area contributed by atoms with Gasteiger partial charge in [-0.15, -0.1) is 0 Å². The average molecular weight is 314 g/mol. The van der Waals surface area contributed by atoms with Crippen molar-refractivity contribution in [3.63, 3.8) is 0 Å². The van der Waals surface area contributed by atoms with Crippen LogP contribution in [-0.2, 0) is 0 Å². The van der Waals surface area contributed by atoms with E-state index in [1.807, 2.05) is 0 Å². The molecule has 1 amide bonds. The summed E-state index contributed by atoms with van der Waals surface area (Å²) >= 11 is 11.5. The van der Waals surface area contributed by atoms with Crippen molar-refractivity contribution in [3.8, 4) is 11.6 Å². The fourth-order valence-electron chi connectivity index (χ4n) is 1.42. The molecule has 2 rings (SSSR count). The predicted octanol–water partition coefficient (Wildman–Crippen LogP) is 2.75. The Hall–Kier alpha value is -2.05. The van der Waals surface area contributed by atoms with Crippen LogP contribution in [0.3, 0.4) is 0 Å². The van der Waals surface area contributed by atoms with Gasteiger partial charge in [-0.05, 0) is 18.2 Å². The summed E-state index contributed by atoms with van der Waals surface area (Å²) in [5, 5.41) is 12.5. The molecule has 0 fully saturated rings. The predicted molar refractivity (Wildman–Crippen MR) is 74.7 cm³/mol. The van der Waals surface area contributed by atoms with Gasteiger partial charge in [-0.1, -0.05) is 23.2 Å². The number of amides is 1. The van der Waals surface area contributed by atoms with Gasteiger partial charge < -0.3 is 9.84 Å². The van der Waals surface area contributed by atoms with Gasteiger partial charge in [0.1, 0.15) is 10.9 Å². The molecule has 20 heavy (non-hydrogen) atoms. The van der Waals surface area contributed by atoms with E-state index >= 15 is 0 Å². The molecular formula is C12H9Cl2N3O3. The second-order valence-corrected chi connectivity index (χ2v) is 4.50. The largest absolute Gasteiger partial charge is 0.507 e. The number of carbonyl (C=O) groups is 1. The maximum absolute atomic E-state index is 12.0. The summed E-state index contributed by atoms with van der Waals surface area (Å²) in [4.78, 5) is 19.7. The monoisotopic (exact) mass is 313 g/mol. The van der Waals surface area contributed by atoms with E-state index in [1.165, 1.54) is 31.4 Å². The summed E-state index contributed by atoms with van der Waals surface area (Å²) < 4.78 is 4.91. The van der Waals surface area contributed by atoms with Crippen LogP contribution in [0.2, 0.25) is 10.2 Å². The highest BCUT2D eigenvalue weighted by atomic mass is 35.5. The number of aromatic nitrogens is 2. The second kappa shape index (κ2) is 5.94. The first-order valence-corrected chi connectivity index (χ1v) is 6.13. The van der Waals surface area contributed by atoms with Crippen molar-refractivity contribution in [1.29, 1.82) is 0 Å². The number of ether oxygens (including phenoxy) is 1. The highest BCUT2D eigenvalue weighted by molar-refractivity contribution is 6.31. The summed E-state index contributed by atoms with van der Waals surface area (Å²) in [6.07, 6.45) is 0. The van der Waals surface area contributed by atoms with E-state index in [2.05, 4.69) is 15.3 Å². The number of rotatable bonds is 3. The van der Waals surface area contributed by atoms with E-state index in [-0.39, 0.29) is 28.3 Å². The molecule has 0 atom stereocenters. The number of halogens is 2. The third-order valence-electron chi connectivity index (χ3n) is 2.31. The van der Waals surface area contributed by atoms with Crippen LogP contribution in [0.15, 0.2) is 24.3 Å². The van der Waals surface area contributed by atoms with E-state index < -0.39 is 5.91 Å². The SMILES string of the molecule is COc1cc(Cl)nc(NC(=O)c2ccc(Cl)cc2O)n1. The molecule has 0 radical (unpaired) electrons. The molecule has 2 aromatic rings. The Bertz CT molecular complexity index is 664. The minimum absolute atomic E-state index is 0.0336. The van der Waals surface area contributed by atoms with Gasteiger partial charge in [0.25, 0.3) is 5.91 Å². The molecule has 6 nitrogen and oxygen atoms in total. The number of phenols is 1. The summed E-state index contributed by atoms with van der Waals surface area (Å²) in [6, 6.07) is 5.53. The van der Waals surface area contributed by atoms with Crippen molar-refractivity contribution in [2.24, 2.45) is 0 Å². The van der Waals surface area contributed by atoms with Gasteiger partial charge in [0.05, 0.1) is 12.7 Å². The molecule has 1 aromatic carbocycles. The summed E-state index contributed by atoms with van der Waals surface area (Å²) in [6.45, 7) is 0. The van der Waals surface area contributed by atoms with Crippen LogP contribution in [0.4, 0.5) is 5.95 Å². The lowest BCUT2D eigenvalue weighted by molar-refractivity contribution is 0.102. The number of nitrogens with zero attached hydrogens (tertiary/aromatic N) is 2. The fourth-order valence-corrected chi connectivity index (χ4v) is 1.76. The highest BCUT2D eigenvalue weighted by Crippen LogP contribution is 2.23. The van der Waals surface area contributed by atoms with Gasteiger partial charge >= 0.3 is 0 Å². The zero-order chi connectivity index (χ0) is 14.7. The second-order valence-electron chi connectivity index (χ2n) is 3.67. The third kappa shape index (κ3) is 3.28. The molecule has 0 saturated heterocycles. The molecule has 0 bridgehead atoms. The number of hydrogen-bond acceptors (Lipinski definition) is 5. The minimum Gasteiger partial charge on any atom is -0.507 e. The van der Waals surface area contributed by atoms with Gasteiger partial charge in [-0.2, -0.15) is 4.98 Å². The van der Waals surface area contributed by atoms with Crippen molar-refractivity contribution in [2.75, 3.05) is 12.4 Å². The molecule has 0 saturated carbocycles. The molecule has 8 heteroatoms. The minimum atomic E-state index is -0.594. The molecular weight excluding hydrogens is 305 g/mol. The van der Waals surface area contributed by atoms with Crippen molar-refractivity contribution < 1.29 is 14.6 Å². The van der Waals surface area contributed by atoms with Crippen molar-refractivity contribution in [2.45, 2.75) is 0 Å². The van der Waals surface area contributed by atoms with Crippen molar-refractivity contribution in [1.82, 2.24) is 9.97 Å². The normalized spacial score (nSPS) is 10.2. The number of hydrogen-bond donors (Lipinski definition) is 2. The smallest absolute Gasteiger partial charge is 0.261 e. The summed E-state index contributed by atoms with van der Waals surface area (Å²) in [5.41, 5.74) is 0.0388. The Morgan fingerprint density at radius 1 is 1.30 bits per heavy atom. The number of anilines is 1. The number of nitrogens with one attached hydrogen (secondary N) is 1. The molecule has 0 unspecified atom stereocenters. The van der Waals surface area contributed by atoms with Crippen molar-refractivity contribution in [3.05, 3.63) is 40.0 Å². The fraction of sp³-hybridized carbons (Fsp3) is 0.0833. The van der Waals surface area contributed by atoms with Crippen LogP contribution < -0.4 is 10.1 Å². The molecule has 1 aromatic heterocycles.